The highest BCUT2D eigenvalue weighted by Gasteiger charge is 2.52. The van der Waals surface area contributed by atoms with E-state index < -0.39 is 37.1 Å². The van der Waals surface area contributed by atoms with Gasteiger partial charge in [0.15, 0.2) is 0 Å². The molecule has 0 aliphatic carbocycles. The van der Waals surface area contributed by atoms with Gasteiger partial charge in [-0.3, -0.25) is 0 Å². The van der Waals surface area contributed by atoms with E-state index in [9.17, 15) is 21.6 Å². The summed E-state index contributed by atoms with van der Waals surface area (Å²) in [6, 6.07) is 20.5. The van der Waals surface area contributed by atoms with Crippen molar-refractivity contribution in [3.8, 4) is 11.5 Å². The standard InChI is InChI=1S/C27H31F3O5S2/c1-25(2,3)33-20-12-16-23(17-13-20)36(22-10-8-7-9-11-22,35-37(31,32)27(28,29)30)24-18-14-21(15-19-24)34-26(4,5)6/h7-19H,1-6H3. The molecule has 3 rings (SSSR count). The van der Waals surface area contributed by atoms with Crippen LogP contribution in [0.5, 0.6) is 11.5 Å². The lowest BCUT2D eigenvalue weighted by molar-refractivity contribution is -0.0496. The van der Waals surface area contributed by atoms with Crippen molar-refractivity contribution in [1.29, 1.82) is 0 Å². The number of halogens is 3. The van der Waals surface area contributed by atoms with Crippen molar-refractivity contribution in [3.05, 3.63) is 78.9 Å². The van der Waals surface area contributed by atoms with E-state index >= 15 is 0 Å². The highest BCUT2D eigenvalue weighted by atomic mass is 32.3. The van der Waals surface area contributed by atoms with E-state index in [-0.39, 0.29) is 14.7 Å². The molecular weight excluding hydrogens is 525 g/mol. The molecule has 0 amide bonds. The summed E-state index contributed by atoms with van der Waals surface area (Å²) in [5.74, 6) is 0.954. The number of rotatable bonds is 7. The second kappa shape index (κ2) is 10.2. The predicted octanol–water partition coefficient (Wildman–Crippen LogP) is 8.10. The van der Waals surface area contributed by atoms with Crippen LogP contribution >= 0.6 is 10.3 Å². The Balaban J connectivity index is 2.29. The minimum absolute atomic E-state index is 0.247. The van der Waals surface area contributed by atoms with E-state index in [1.54, 1.807) is 54.6 Å². The Labute approximate surface area is 218 Å². The average molecular weight is 557 g/mol. The largest absolute Gasteiger partial charge is 0.524 e. The Kier molecular flexibility index (Phi) is 7.98. The summed E-state index contributed by atoms with van der Waals surface area (Å²) in [6.07, 6.45) is 0. The SMILES string of the molecule is CC(C)(C)Oc1ccc(S(OS(=O)(=O)C(F)(F)F)(c2ccccc2)c2ccc(OC(C)(C)C)cc2)cc1. The van der Waals surface area contributed by atoms with Gasteiger partial charge in [-0.25, -0.2) is 0 Å². The molecule has 0 bridgehead atoms. The molecule has 0 N–H and O–H groups in total. The molecule has 3 aromatic carbocycles. The van der Waals surface area contributed by atoms with Crippen molar-refractivity contribution in [1.82, 2.24) is 0 Å². The summed E-state index contributed by atoms with van der Waals surface area (Å²) in [4.78, 5) is 0.770. The second-order valence-corrected chi connectivity index (χ2v) is 14.7. The molecule has 0 fully saturated rings. The lowest BCUT2D eigenvalue weighted by atomic mass is 10.2. The third kappa shape index (κ3) is 7.00. The van der Waals surface area contributed by atoms with Gasteiger partial charge >= 0.3 is 15.6 Å². The monoisotopic (exact) mass is 556 g/mol. The molecule has 0 saturated carbocycles. The van der Waals surface area contributed by atoms with Crippen molar-refractivity contribution >= 4 is 20.4 Å². The second-order valence-electron chi connectivity index (χ2n) is 10.2. The fourth-order valence-electron chi connectivity index (χ4n) is 3.42. The summed E-state index contributed by atoms with van der Waals surface area (Å²) in [5.41, 5.74) is -6.64. The van der Waals surface area contributed by atoms with Crippen LogP contribution in [0.2, 0.25) is 0 Å². The molecule has 202 valence electrons. The Bertz CT molecular complexity index is 1230. The molecule has 0 saturated heterocycles. The first kappa shape index (κ1) is 28.9. The summed E-state index contributed by atoms with van der Waals surface area (Å²) in [7, 11) is -9.42. The summed E-state index contributed by atoms with van der Waals surface area (Å²) in [5, 5.41) is 0. The van der Waals surface area contributed by atoms with Crippen LogP contribution in [0.1, 0.15) is 41.5 Å². The maximum absolute atomic E-state index is 13.7. The van der Waals surface area contributed by atoms with Crippen molar-refractivity contribution < 1.29 is 34.7 Å². The van der Waals surface area contributed by atoms with E-state index in [1.165, 1.54) is 24.3 Å². The zero-order valence-electron chi connectivity index (χ0n) is 21.5. The van der Waals surface area contributed by atoms with Crippen LogP contribution in [0.25, 0.3) is 0 Å². The number of hydrogen-bond acceptors (Lipinski definition) is 5. The normalized spacial score (nSPS) is 13.8. The van der Waals surface area contributed by atoms with Gasteiger partial charge in [-0.15, -0.1) is 0 Å². The van der Waals surface area contributed by atoms with Gasteiger partial charge in [0.1, 0.15) is 22.7 Å². The molecule has 0 spiro atoms. The third-order valence-electron chi connectivity index (χ3n) is 4.71. The summed E-state index contributed by atoms with van der Waals surface area (Å²) >= 11 is 0. The van der Waals surface area contributed by atoms with E-state index in [1.807, 2.05) is 41.5 Å². The molecule has 5 nitrogen and oxygen atoms in total. The van der Waals surface area contributed by atoms with Crippen molar-refractivity contribution in [2.45, 2.75) is 72.9 Å². The van der Waals surface area contributed by atoms with Gasteiger partial charge < -0.3 is 9.47 Å². The molecule has 0 aliphatic rings. The Morgan fingerprint density at radius 1 is 0.568 bits per heavy atom. The first-order valence-electron chi connectivity index (χ1n) is 11.4. The number of benzene rings is 3. The van der Waals surface area contributed by atoms with Gasteiger partial charge in [-0.1, -0.05) is 18.2 Å². The van der Waals surface area contributed by atoms with Gasteiger partial charge in [0.25, 0.3) is 0 Å². The van der Waals surface area contributed by atoms with Gasteiger partial charge in [-0.2, -0.15) is 25.2 Å². The number of hydrogen-bond donors (Lipinski definition) is 0. The van der Waals surface area contributed by atoms with Gasteiger partial charge in [0.05, 0.1) is 0 Å². The zero-order chi connectivity index (χ0) is 27.7. The fraction of sp³-hybridized carbons (Fsp3) is 0.333. The minimum Gasteiger partial charge on any atom is -0.488 e. The van der Waals surface area contributed by atoms with Crippen molar-refractivity contribution in [3.63, 3.8) is 0 Å². The highest BCUT2D eigenvalue weighted by molar-refractivity contribution is 8.33. The van der Waals surface area contributed by atoms with E-state index in [0.29, 0.717) is 11.5 Å². The van der Waals surface area contributed by atoms with Crippen LogP contribution in [-0.4, -0.2) is 25.1 Å². The maximum Gasteiger partial charge on any atom is 0.524 e. The Hall–Kier alpha value is -2.69. The van der Waals surface area contributed by atoms with Crippen LogP contribution in [-0.2, 0) is 13.7 Å². The zero-order valence-corrected chi connectivity index (χ0v) is 23.1. The van der Waals surface area contributed by atoms with Crippen LogP contribution in [0.3, 0.4) is 0 Å². The Morgan fingerprint density at radius 2 is 0.919 bits per heavy atom. The lowest BCUT2D eigenvalue weighted by Gasteiger charge is -2.39. The fourth-order valence-corrected chi connectivity index (χ4v) is 8.14. The first-order valence-corrected chi connectivity index (χ1v) is 14.4. The molecule has 10 heteroatoms. The molecule has 37 heavy (non-hydrogen) atoms. The van der Waals surface area contributed by atoms with Crippen LogP contribution in [0, 0.1) is 0 Å². The van der Waals surface area contributed by atoms with Crippen molar-refractivity contribution in [2.24, 2.45) is 0 Å². The first-order chi connectivity index (χ1) is 16.9. The molecule has 0 radical (unpaired) electrons. The maximum atomic E-state index is 13.7. The number of alkyl halides is 3. The lowest BCUT2D eigenvalue weighted by Crippen LogP contribution is -2.27. The Morgan fingerprint density at radius 3 is 1.24 bits per heavy atom. The quantitative estimate of drug-likeness (QED) is 0.275. The molecule has 3 aromatic rings. The van der Waals surface area contributed by atoms with Crippen LogP contribution in [0.4, 0.5) is 13.2 Å². The van der Waals surface area contributed by atoms with Gasteiger partial charge in [0.2, 0.25) is 0 Å². The molecular formula is C27H31F3O5S2. The predicted molar refractivity (Wildman–Crippen MR) is 139 cm³/mol. The topological polar surface area (TPSA) is 61.8 Å². The average Bonchev–Trinajstić information content (AvgIpc) is 2.76. The van der Waals surface area contributed by atoms with E-state index in [4.69, 9.17) is 13.1 Å². The molecule has 0 heterocycles. The number of ether oxygens (including phenoxy) is 2. The van der Waals surface area contributed by atoms with E-state index in [2.05, 4.69) is 0 Å². The third-order valence-corrected chi connectivity index (χ3v) is 9.62. The van der Waals surface area contributed by atoms with E-state index in [0.717, 1.165) is 0 Å². The molecule has 0 unspecified atom stereocenters. The van der Waals surface area contributed by atoms with Crippen LogP contribution < -0.4 is 9.47 Å². The van der Waals surface area contributed by atoms with Gasteiger partial charge in [0, 0.05) is 14.7 Å². The highest BCUT2D eigenvalue weighted by Crippen LogP contribution is 2.70. The molecule has 0 aromatic heterocycles. The molecule has 0 aliphatic heterocycles. The van der Waals surface area contributed by atoms with Gasteiger partial charge in [-0.05, 0) is 113 Å². The van der Waals surface area contributed by atoms with Crippen molar-refractivity contribution in [2.75, 3.05) is 0 Å². The smallest absolute Gasteiger partial charge is 0.488 e. The summed E-state index contributed by atoms with van der Waals surface area (Å²) in [6.45, 7) is 11.2. The van der Waals surface area contributed by atoms with Crippen LogP contribution in [0.15, 0.2) is 93.5 Å². The minimum atomic E-state index is -6.00. The summed E-state index contributed by atoms with van der Waals surface area (Å²) < 4.78 is 83.0. The molecule has 0 atom stereocenters.